The first-order chi connectivity index (χ1) is 9.61. The fraction of sp³-hybridized carbons (Fsp3) is 0.188. The molecule has 0 unspecified atom stereocenters. The minimum Gasteiger partial charge on any atom is -0.379 e. The molecule has 2 aromatic rings. The maximum absolute atomic E-state index is 8.78. The average molecular weight is 286 g/mol. The molecular formula is C16H16ClN3. The normalized spacial score (nSPS) is 9.90. The van der Waals surface area contributed by atoms with Crippen molar-refractivity contribution in [3.63, 3.8) is 0 Å². The molecule has 0 aliphatic heterocycles. The molecule has 102 valence electrons. The average Bonchev–Trinajstić information content (AvgIpc) is 2.45. The molecule has 0 amide bonds. The van der Waals surface area contributed by atoms with Gasteiger partial charge in [0.2, 0.25) is 0 Å². The number of halogens is 1. The van der Waals surface area contributed by atoms with Gasteiger partial charge in [-0.2, -0.15) is 5.26 Å². The van der Waals surface area contributed by atoms with Gasteiger partial charge in [0.15, 0.2) is 0 Å². The summed E-state index contributed by atoms with van der Waals surface area (Å²) in [5.74, 6) is 0. The van der Waals surface area contributed by atoms with E-state index in [1.54, 1.807) is 0 Å². The molecule has 0 aliphatic carbocycles. The van der Waals surface area contributed by atoms with Gasteiger partial charge >= 0.3 is 0 Å². The molecular weight excluding hydrogens is 270 g/mol. The van der Waals surface area contributed by atoms with Gasteiger partial charge in [-0.15, -0.1) is 0 Å². The molecule has 3 nitrogen and oxygen atoms in total. The molecule has 0 radical (unpaired) electrons. The van der Waals surface area contributed by atoms with Crippen molar-refractivity contribution in [1.82, 2.24) is 0 Å². The smallest absolute Gasteiger partial charge is 0.0991 e. The van der Waals surface area contributed by atoms with Crippen LogP contribution in [0.25, 0.3) is 0 Å². The van der Waals surface area contributed by atoms with E-state index in [4.69, 9.17) is 16.9 Å². The van der Waals surface area contributed by atoms with Crippen LogP contribution in [0.2, 0.25) is 5.02 Å². The van der Waals surface area contributed by atoms with Crippen LogP contribution in [0.4, 0.5) is 11.4 Å². The molecule has 2 aromatic carbocycles. The molecule has 20 heavy (non-hydrogen) atoms. The largest absolute Gasteiger partial charge is 0.379 e. The van der Waals surface area contributed by atoms with Gasteiger partial charge in [0.1, 0.15) is 0 Å². The van der Waals surface area contributed by atoms with Crippen molar-refractivity contribution in [2.24, 2.45) is 0 Å². The fourth-order valence-electron chi connectivity index (χ4n) is 2.01. The topological polar surface area (TPSA) is 39.1 Å². The van der Waals surface area contributed by atoms with Crippen LogP contribution in [0.15, 0.2) is 42.5 Å². The summed E-state index contributed by atoms with van der Waals surface area (Å²) < 4.78 is 0. The summed E-state index contributed by atoms with van der Waals surface area (Å²) in [6.07, 6.45) is 0. The van der Waals surface area contributed by atoms with Crippen molar-refractivity contribution in [3.05, 3.63) is 58.6 Å². The maximum atomic E-state index is 8.78. The number of para-hydroxylation sites is 1. The van der Waals surface area contributed by atoms with E-state index in [0.29, 0.717) is 12.1 Å². The highest BCUT2D eigenvalue weighted by Gasteiger charge is 2.08. The summed E-state index contributed by atoms with van der Waals surface area (Å²) in [7, 11) is 3.93. The molecule has 0 heterocycles. The van der Waals surface area contributed by atoms with Gasteiger partial charge in [-0.1, -0.05) is 29.8 Å². The molecule has 0 saturated carbocycles. The first-order valence-corrected chi connectivity index (χ1v) is 6.68. The Bertz CT molecular complexity index is 627. The summed E-state index contributed by atoms with van der Waals surface area (Å²) in [4.78, 5) is 1.99. The molecule has 0 aliphatic rings. The Morgan fingerprint density at radius 3 is 2.45 bits per heavy atom. The standard InChI is InChI=1S/C16H16ClN3/c1-20(2)16-14(17)4-3-5-15(16)19-11-13-8-6-12(10-18)7-9-13/h3-9,19H,11H2,1-2H3. The van der Waals surface area contributed by atoms with Crippen molar-refractivity contribution in [1.29, 1.82) is 5.26 Å². The highest BCUT2D eigenvalue weighted by Crippen LogP contribution is 2.32. The molecule has 0 aromatic heterocycles. The van der Waals surface area contributed by atoms with E-state index in [1.165, 1.54) is 0 Å². The number of hydrogen-bond acceptors (Lipinski definition) is 3. The van der Waals surface area contributed by atoms with Crippen LogP contribution in [0.3, 0.4) is 0 Å². The van der Waals surface area contributed by atoms with E-state index in [-0.39, 0.29) is 0 Å². The first kappa shape index (κ1) is 14.2. The van der Waals surface area contributed by atoms with Crippen molar-refractivity contribution in [2.75, 3.05) is 24.3 Å². The number of hydrogen-bond donors (Lipinski definition) is 1. The predicted molar refractivity (Wildman–Crippen MR) is 84.3 cm³/mol. The van der Waals surface area contributed by atoms with Crippen molar-refractivity contribution >= 4 is 23.0 Å². The molecule has 1 N–H and O–H groups in total. The number of benzene rings is 2. The number of nitrogens with one attached hydrogen (secondary N) is 1. The van der Waals surface area contributed by atoms with Crippen LogP contribution in [-0.4, -0.2) is 14.1 Å². The van der Waals surface area contributed by atoms with E-state index in [0.717, 1.165) is 22.0 Å². The Morgan fingerprint density at radius 1 is 1.15 bits per heavy atom. The minimum atomic E-state index is 0.672. The van der Waals surface area contributed by atoms with E-state index < -0.39 is 0 Å². The van der Waals surface area contributed by atoms with E-state index in [2.05, 4.69) is 11.4 Å². The lowest BCUT2D eigenvalue weighted by Gasteiger charge is -2.20. The summed E-state index contributed by atoms with van der Waals surface area (Å²) in [6.45, 7) is 0.687. The van der Waals surface area contributed by atoms with Gasteiger partial charge in [0.05, 0.1) is 28.0 Å². The summed E-state index contributed by atoms with van der Waals surface area (Å²) in [5, 5.41) is 12.9. The molecule has 0 saturated heterocycles. The van der Waals surface area contributed by atoms with Crippen LogP contribution in [0, 0.1) is 11.3 Å². The first-order valence-electron chi connectivity index (χ1n) is 6.30. The summed E-state index contributed by atoms with van der Waals surface area (Å²) in [6, 6.07) is 15.5. The van der Waals surface area contributed by atoms with Gasteiger partial charge in [-0.25, -0.2) is 0 Å². The number of nitriles is 1. The van der Waals surface area contributed by atoms with Crippen LogP contribution in [0.5, 0.6) is 0 Å². The molecule has 2 rings (SSSR count). The van der Waals surface area contributed by atoms with Crippen LogP contribution < -0.4 is 10.2 Å². The van der Waals surface area contributed by atoms with Gasteiger partial charge < -0.3 is 10.2 Å². The zero-order valence-electron chi connectivity index (χ0n) is 11.5. The number of anilines is 2. The Morgan fingerprint density at radius 2 is 1.85 bits per heavy atom. The van der Waals surface area contributed by atoms with Crippen molar-refractivity contribution < 1.29 is 0 Å². The van der Waals surface area contributed by atoms with Crippen LogP contribution in [-0.2, 0) is 6.54 Å². The molecule has 0 bridgehead atoms. The van der Waals surface area contributed by atoms with Crippen molar-refractivity contribution in [3.8, 4) is 6.07 Å². The lowest BCUT2D eigenvalue weighted by molar-refractivity contribution is 1.10. The SMILES string of the molecule is CN(C)c1c(Cl)cccc1NCc1ccc(C#N)cc1. The second kappa shape index (κ2) is 6.31. The van der Waals surface area contributed by atoms with Gasteiger partial charge in [0, 0.05) is 20.6 Å². The Hall–Kier alpha value is -2.18. The van der Waals surface area contributed by atoms with Gasteiger partial charge in [-0.05, 0) is 29.8 Å². The lowest BCUT2D eigenvalue weighted by atomic mass is 10.1. The highest BCUT2D eigenvalue weighted by molar-refractivity contribution is 6.34. The highest BCUT2D eigenvalue weighted by atomic mass is 35.5. The summed E-state index contributed by atoms with van der Waals surface area (Å²) in [5.41, 5.74) is 3.76. The molecule has 4 heteroatoms. The van der Waals surface area contributed by atoms with Crippen LogP contribution in [0.1, 0.15) is 11.1 Å². The van der Waals surface area contributed by atoms with E-state index >= 15 is 0 Å². The number of rotatable bonds is 4. The zero-order chi connectivity index (χ0) is 14.5. The van der Waals surface area contributed by atoms with Gasteiger partial charge in [0.25, 0.3) is 0 Å². The van der Waals surface area contributed by atoms with E-state index in [9.17, 15) is 0 Å². The molecule has 0 atom stereocenters. The van der Waals surface area contributed by atoms with Crippen LogP contribution >= 0.6 is 11.6 Å². The second-order valence-corrected chi connectivity index (χ2v) is 5.10. The number of nitrogens with zero attached hydrogens (tertiary/aromatic N) is 2. The predicted octanol–water partition coefficient (Wildman–Crippen LogP) is 3.89. The quantitative estimate of drug-likeness (QED) is 0.926. The van der Waals surface area contributed by atoms with E-state index in [1.807, 2.05) is 61.5 Å². The fourth-order valence-corrected chi connectivity index (χ4v) is 2.35. The zero-order valence-corrected chi connectivity index (χ0v) is 12.3. The molecule has 0 fully saturated rings. The monoisotopic (exact) mass is 285 g/mol. The lowest BCUT2D eigenvalue weighted by Crippen LogP contribution is -2.12. The molecule has 0 spiro atoms. The Kier molecular flexibility index (Phi) is 4.49. The van der Waals surface area contributed by atoms with Gasteiger partial charge in [-0.3, -0.25) is 0 Å². The summed E-state index contributed by atoms with van der Waals surface area (Å²) >= 11 is 6.23. The third-order valence-electron chi connectivity index (χ3n) is 3.00. The third-order valence-corrected chi connectivity index (χ3v) is 3.30. The second-order valence-electron chi connectivity index (χ2n) is 4.69. The maximum Gasteiger partial charge on any atom is 0.0991 e. The third kappa shape index (κ3) is 3.23. The van der Waals surface area contributed by atoms with Crippen molar-refractivity contribution in [2.45, 2.75) is 6.54 Å². The minimum absolute atomic E-state index is 0.672. The Labute approximate surface area is 124 Å². The Balaban J connectivity index is 2.14.